The van der Waals surface area contributed by atoms with Crippen LogP contribution in [-0.2, 0) is 10.0 Å². The van der Waals surface area contributed by atoms with E-state index in [2.05, 4.69) is 5.32 Å². The van der Waals surface area contributed by atoms with Crippen LogP contribution < -0.4 is 10.2 Å². The molecule has 10 heteroatoms. The molecule has 0 radical (unpaired) electrons. The van der Waals surface area contributed by atoms with Crippen LogP contribution >= 0.6 is 0 Å². The zero-order valence-corrected chi connectivity index (χ0v) is 17.7. The summed E-state index contributed by atoms with van der Waals surface area (Å²) in [7, 11) is 1.32. The Morgan fingerprint density at radius 2 is 1.66 bits per heavy atom. The number of anilines is 2. The Labute approximate surface area is 170 Å². The highest BCUT2D eigenvalue weighted by molar-refractivity contribution is 7.89. The Morgan fingerprint density at radius 1 is 1.07 bits per heavy atom. The van der Waals surface area contributed by atoms with E-state index in [1.807, 2.05) is 0 Å². The number of carbonyl (C=O) groups excluding carboxylic acids is 1. The van der Waals surface area contributed by atoms with Crippen LogP contribution in [0.4, 0.5) is 17.1 Å². The molecule has 0 aromatic heterocycles. The van der Waals surface area contributed by atoms with E-state index in [0.29, 0.717) is 11.4 Å². The number of hydrogen-bond donors (Lipinski definition) is 1. The largest absolute Gasteiger partial charge is 0.377 e. The van der Waals surface area contributed by atoms with Crippen molar-refractivity contribution < 1.29 is 18.1 Å². The van der Waals surface area contributed by atoms with E-state index >= 15 is 0 Å². The monoisotopic (exact) mass is 420 g/mol. The molecule has 0 aliphatic rings. The first kappa shape index (κ1) is 22.3. The van der Waals surface area contributed by atoms with Gasteiger partial charge in [0.1, 0.15) is 0 Å². The molecule has 2 rings (SSSR count). The number of hydrogen-bond acceptors (Lipinski definition) is 6. The average molecular weight is 420 g/mol. The Balaban J connectivity index is 2.30. The van der Waals surface area contributed by atoms with E-state index in [1.54, 1.807) is 32.8 Å². The smallest absolute Gasteiger partial charge is 0.270 e. The summed E-state index contributed by atoms with van der Waals surface area (Å²) in [5, 5.41) is 13.7. The van der Waals surface area contributed by atoms with Gasteiger partial charge in [0.15, 0.2) is 0 Å². The number of rotatable bonds is 7. The number of nitrogens with one attached hydrogen (secondary N) is 1. The van der Waals surface area contributed by atoms with E-state index in [1.165, 1.54) is 53.8 Å². The van der Waals surface area contributed by atoms with Crippen molar-refractivity contribution in [2.75, 3.05) is 31.4 Å². The molecular formula is C19H24N4O5S. The van der Waals surface area contributed by atoms with Crippen molar-refractivity contribution in [2.45, 2.75) is 24.8 Å². The third-order valence-corrected chi connectivity index (χ3v) is 6.48. The van der Waals surface area contributed by atoms with Crippen molar-refractivity contribution in [3.8, 4) is 0 Å². The van der Waals surface area contributed by atoms with Crippen LogP contribution in [-0.4, -0.2) is 50.7 Å². The van der Waals surface area contributed by atoms with E-state index < -0.39 is 20.9 Å². The fraction of sp³-hybridized carbons (Fsp3) is 0.316. The predicted octanol–water partition coefficient (Wildman–Crippen LogP) is 2.94. The zero-order chi connectivity index (χ0) is 21.9. The lowest BCUT2D eigenvalue weighted by Crippen LogP contribution is -2.33. The minimum absolute atomic E-state index is 0.107. The van der Waals surface area contributed by atoms with Crippen molar-refractivity contribution in [2.24, 2.45) is 0 Å². The number of carbonyl (C=O) groups is 1. The first-order chi connectivity index (χ1) is 13.4. The van der Waals surface area contributed by atoms with Gasteiger partial charge in [0.25, 0.3) is 11.6 Å². The summed E-state index contributed by atoms with van der Waals surface area (Å²) >= 11 is 0. The molecule has 1 amide bonds. The maximum absolute atomic E-state index is 12.7. The fourth-order valence-corrected chi connectivity index (χ4v) is 3.93. The zero-order valence-electron chi connectivity index (χ0n) is 16.9. The summed E-state index contributed by atoms with van der Waals surface area (Å²) in [6.07, 6.45) is 0. The molecule has 1 N–H and O–H groups in total. The van der Waals surface area contributed by atoms with E-state index in [9.17, 15) is 23.3 Å². The highest BCUT2D eigenvalue weighted by Gasteiger charge is 2.23. The summed E-state index contributed by atoms with van der Waals surface area (Å²) in [4.78, 5) is 25.0. The number of sulfonamides is 1. The Hall–Kier alpha value is -2.98. The first-order valence-electron chi connectivity index (χ1n) is 8.80. The van der Waals surface area contributed by atoms with Crippen LogP contribution in [0.15, 0.2) is 47.4 Å². The number of benzene rings is 2. The van der Waals surface area contributed by atoms with E-state index in [4.69, 9.17) is 0 Å². The number of nitrogens with zero attached hydrogens (tertiary/aromatic N) is 3. The summed E-state index contributed by atoms with van der Waals surface area (Å²) in [6, 6.07) is 9.62. The molecule has 2 aromatic rings. The highest BCUT2D eigenvalue weighted by Crippen LogP contribution is 2.26. The van der Waals surface area contributed by atoms with E-state index in [0.717, 1.165) is 0 Å². The van der Waals surface area contributed by atoms with Gasteiger partial charge in [-0.1, -0.05) is 0 Å². The van der Waals surface area contributed by atoms with Crippen LogP contribution in [0.1, 0.15) is 24.2 Å². The maximum Gasteiger partial charge on any atom is 0.270 e. The van der Waals surface area contributed by atoms with E-state index in [-0.39, 0.29) is 22.2 Å². The van der Waals surface area contributed by atoms with Gasteiger partial charge in [0.05, 0.1) is 15.4 Å². The van der Waals surface area contributed by atoms with Crippen molar-refractivity contribution >= 4 is 33.0 Å². The maximum atomic E-state index is 12.7. The predicted molar refractivity (Wildman–Crippen MR) is 112 cm³/mol. The summed E-state index contributed by atoms with van der Waals surface area (Å²) in [6.45, 7) is 3.54. The van der Waals surface area contributed by atoms with Gasteiger partial charge >= 0.3 is 0 Å². The van der Waals surface area contributed by atoms with Gasteiger partial charge in [-0.15, -0.1) is 0 Å². The topological polar surface area (TPSA) is 113 Å². The van der Waals surface area contributed by atoms with Crippen LogP contribution in [0.2, 0.25) is 0 Å². The van der Waals surface area contributed by atoms with Crippen molar-refractivity contribution in [3.05, 3.63) is 58.1 Å². The summed E-state index contributed by atoms with van der Waals surface area (Å²) in [5.74, 6) is -0.535. The second-order valence-corrected chi connectivity index (χ2v) is 8.94. The molecule has 156 valence electrons. The van der Waals surface area contributed by atoms with Crippen molar-refractivity contribution in [1.29, 1.82) is 0 Å². The standard InChI is InChI=1S/C19H24N4O5S/c1-13(2)22(5)29(27,28)16-9-6-14(7-10-16)20-19(24)17-12-15(23(25)26)8-11-18(17)21(3)4/h6-13H,1-5H3,(H,20,24). The number of nitro groups is 1. The molecule has 2 aromatic carbocycles. The quantitative estimate of drug-likeness (QED) is 0.544. The summed E-state index contributed by atoms with van der Waals surface area (Å²) in [5.41, 5.74) is 0.836. The minimum Gasteiger partial charge on any atom is -0.377 e. The van der Waals surface area contributed by atoms with Crippen LogP contribution in [0, 0.1) is 10.1 Å². The second-order valence-electron chi connectivity index (χ2n) is 6.95. The molecule has 0 aliphatic heterocycles. The number of amides is 1. The SMILES string of the molecule is CC(C)N(C)S(=O)(=O)c1ccc(NC(=O)c2cc([N+](=O)[O-])ccc2N(C)C)cc1. The van der Waals surface area contributed by atoms with Crippen molar-refractivity contribution in [1.82, 2.24) is 4.31 Å². The molecule has 0 unspecified atom stereocenters. The normalized spacial score (nSPS) is 11.6. The molecule has 9 nitrogen and oxygen atoms in total. The molecule has 29 heavy (non-hydrogen) atoms. The lowest BCUT2D eigenvalue weighted by Gasteiger charge is -2.21. The van der Waals surface area contributed by atoms with Crippen LogP contribution in [0.25, 0.3) is 0 Å². The molecular weight excluding hydrogens is 396 g/mol. The molecule has 0 saturated carbocycles. The molecule has 0 aliphatic carbocycles. The Bertz CT molecular complexity index is 1020. The number of non-ortho nitro benzene ring substituents is 1. The van der Waals surface area contributed by atoms with Gasteiger partial charge in [-0.25, -0.2) is 8.42 Å². The Morgan fingerprint density at radius 3 is 2.14 bits per heavy atom. The summed E-state index contributed by atoms with van der Waals surface area (Å²) < 4.78 is 26.3. The van der Waals surface area contributed by atoms with Gasteiger partial charge < -0.3 is 10.2 Å². The molecule has 0 atom stereocenters. The second kappa shape index (κ2) is 8.58. The van der Waals surface area contributed by atoms with Gasteiger partial charge in [-0.05, 0) is 44.2 Å². The molecule has 0 fully saturated rings. The van der Waals surface area contributed by atoms with Crippen LogP contribution in [0.5, 0.6) is 0 Å². The van der Waals surface area contributed by atoms with Crippen molar-refractivity contribution in [3.63, 3.8) is 0 Å². The van der Waals surface area contributed by atoms with Gasteiger partial charge in [0.2, 0.25) is 10.0 Å². The molecule has 0 spiro atoms. The highest BCUT2D eigenvalue weighted by atomic mass is 32.2. The number of nitro benzene ring substituents is 1. The third-order valence-electron chi connectivity index (χ3n) is 4.43. The Kier molecular flexibility index (Phi) is 6.60. The van der Waals surface area contributed by atoms with Gasteiger partial charge in [-0.3, -0.25) is 14.9 Å². The fourth-order valence-electron chi connectivity index (χ4n) is 2.56. The lowest BCUT2D eigenvalue weighted by molar-refractivity contribution is -0.384. The average Bonchev–Trinajstić information content (AvgIpc) is 2.66. The molecule has 0 saturated heterocycles. The van der Waals surface area contributed by atoms with Gasteiger partial charge in [-0.2, -0.15) is 4.31 Å². The third kappa shape index (κ3) is 4.90. The van der Waals surface area contributed by atoms with Crippen LogP contribution in [0.3, 0.4) is 0 Å². The molecule has 0 heterocycles. The first-order valence-corrected chi connectivity index (χ1v) is 10.2. The lowest BCUT2D eigenvalue weighted by atomic mass is 10.1. The molecule has 0 bridgehead atoms. The minimum atomic E-state index is -3.63. The van der Waals surface area contributed by atoms with Gasteiger partial charge in [0, 0.05) is 50.7 Å².